The monoisotopic (exact) mass is 470 g/mol. The molecule has 1 aromatic carbocycles. The Kier molecular flexibility index (Phi) is 7.10. The molecule has 2 heterocycles. The summed E-state index contributed by atoms with van der Waals surface area (Å²) in [5, 5.41) is 8.98. The van der Waals surface area contributed by atoms with Gasteiger partial charge >= 0.3 is 0 Å². The first-order valence-electron chi connectivity index (χ1n) is 10.1. The van der Waals surface area contributed by atoms with Gasteiger partial charge in [0.05, 0.1) is 17.1 Å². The zero-order chi connectivity index (χ0) is 23.5. The molecule has 0 bridgehead atoms. The van der Waals surface area contributed by atoms with E-state index in [0.717, 1.165) is 20.3 Å². The molecule has 9 heteroatoms. The van der Waals surface area contributed by atoms with Gasteiger partial charge < -0.3 is 10.6 Å². The first-order chi connectivity index (χ1) is 15.0. The van der Waals surface area contributed by atoms with Gasteiger partial charge in [-0.2, -0.15) is 0 Å². The summed E-state index contributed by atoms with van der Waals surface area (Å²) in [6.45, 7) is 9.42. The molecule has 32 heavy (non-hydrogen) atoms. The van der Waals surface area contributed by atoms with Crippen molar-refractivity contribution in [2.24, 2.45) is 5.41 Å². The first kappa shape index (κ1) is 23.6. The summed E-state index contributed by atoms with van der Waals surface area (Å²) in [6.07, 6.45) is 0. The molecule has 3 aromatic rings. The van der Waals surface area contributed by atoms with Gasteiger partial charge in [0.2, 0.25) is 11.8 Å². The third-order valence-electron chi connectivity index (χ3n) is 4.49. The second-order valence-corrected chi connectivity index (χ2v) is 10.7. The van der Waals surface area contributed by atoms with Crippen LogP contribution in [0.2, 0.25) is 0 Å². The average molecular weight is 471 g/mol. The minimum absolute atomic E-state index is 0.0724. The lowest BCUT2D eigenvalue weighted by molar-refractivity contribution is -0.123. The fraction of sp³-hybridized carbons (Fsp3) is 0.304. The van der Waals surface area contributed by atoms with Crippen molar-refractivity contribution in [1.29, 1.82) is 0 Å². The summed E-state index contributed by atoms with van der Waals surface area (Å²) in [6, 6.07) is 10.8. The topological polar surface area (TPSA) is 100 Å². The van der Waals surface area contributed by atoms with Crippen LogP contribution in [0.5, 0.6) is 0 Å². The highest BCUT2D eigenvalue weighted by molar-refractivity contribution is 7.18. The van der Waals surface area contributed by atoms with Crippen molar-refractivity contribution in [3.05, 3.63) is 51.7 Å². The van der Waals surface area contributed by atoms with E-state index in [-0.39, 0.29) is 17.7 Å². The van der Waals surface area contributed by atoms with Gasteiger partial charge in [0.1, 0.15) is 0 Å². The Bertz CT molecular complexity index is 1160. The third-order valence-corrected chi connectivity index (χ3v) is 6.47. The van der Waals surface area contributed by atoms with Gasteiger partial charge in [-0.15, -0.1) is 22.7 Å². The fourth-order valence-electron chi connectivity index (χ4n) is 2.72. The van der Waals surface area contributed by atoms with Gasteiger partial charge in [-0.25, -0.2) is 4.98 Å². The van der Waals surface area contributed by atoms with Crippen molar-refractivity contribution >= 4 is 51.2 Å². The smallest absolute Gasteiger partial charge is 0.257 e. The quantitative estimate of drug-likeness (QED) is 0.469. The highest BCUT2D eigenvalue weighted by atomic mass is 32.1. The number of aromatic nitrogens is 1. The van der Waals surface area contributed by atoms with E-state index in [2.05, 4.69) is 20.9 Å². The predicted octanol–water partition coefficient (Wildman–Crippen LogP) is 5.05. The first-order valence-corrected chi connectivity index (χ1v) is 11.7. The Labute approximate surface area is 195 Å². The molecule has 2 aromatic heterocycles. The van der Waals surface area contributed by atoms with Crippen molar-refractivity contribution < 1.29 is 14.4 Å². The number of carbonyl (C=O) groups excluding carboxylic acids is 3. The molecular weight excluding hydrogens is 444 g/mol. The maximum atomic E-state index is 12.8. The molecule has 0 spiro atoms. The van der Waals surface area contributed by atoms with Crippen LogP contribution in [0.15, 0.2) is 36.4 Å². The van der Waals surface area contributed by atoms with E-state index in [1.807, 2.05) is 39.8 Å². The SMILES string of the molecule is CC(=O)NCc1ccc(-c2nc(NC(=O)c3cccc(NC(=O)C(C)(C)C)c3)sc2C)s1. The van der Waals surface area contributed by atoms with E-state index in [1.165, 1.54) is 18.3 Å². The molecule has 0 aliphatic heterocycles. The number of nitrogens with zero attached hydrogens (tertiary/aromatic N) is 1. The van der Waals surface area contributed by atoms with Crippen LogP contribution < -0.4 is 16.0 Å². The van der Waals surface area contributed by atoms with Gasteiger partial charge in [0.25, 0.3) is 5.91 Å². The molecule has 168 valence electrons. The second kappa shape index (κ2) is 9.62. The van der Waals surface area contributed by atoms with E-state index >= 15 is 0 Å². The molecule has 7 nitrogen and oxygen atoms in total. The van der Waals surface area contributed by atoms with Crippen LogP contribution in [0.3, 0.4) is 0 Å². The minimum atomic E-state index is -0.531. The van der Waals surface area contributed by atoms with Crippen LogP contribution in [-0.4, -0.2) is 22.7 Å². The lowest BCUT2D eigenvalue weighted by atomic mass is 9.95. The summed E-state index contributed by atoms with van der Waals surface area (Å²) in [4.78, 5) is 43.7. The van der Waals surface area contributed by atoms with E-state index in [0.29, 0.717) is 22.9 Å². The number of carbonyl (C=O) groups is 3. The summed E-state index contributed by atoms with van der Waals surface area (Å²) in [7, 11) is 0. The highest BCUT2D eigenvalue weighted by Gasteiger charge is 2.21. The molecule has 0 atom stereocenters. The predicted molar refractivity (Wildman–Crippen MR) is 130 cm³/mol. The van der Waals surface area contributed by atoms with Crippen LogP contribution >= 0.6 is 22.7 Å². The number of aryl methyl sites for hydroxylation is 1. The Morgan fingerprint density at radius 3 is 2.47 bits per heavy atom. The van der Waals surface area contributed by atoms with Crippen LogP contribution in [0.25, 0.3) is 10.6 Å². The zero-order valence-corrected chi connectivity index (χ0v) is 20.3. The standard InChI is InChI=1S/C23H26N4O3S2/c1-13-19(18-10-9-17(32-18)12-24-14(2)28)26-22(31-13)27-20(29)15-7-6-8-16(11-15)25-21(30)23(3,4)5/h6-11H,12H2,1-5H3,(H,24,28)(H,25,30)(H,26,27,29). The van der Waals surface area contributed by atoms with Gasteiger partial charge in [-0.3, -0.25) is 19.7 Å². The second-order valence-electron chi connectivity index (χ2n) is 8.34. The number of nitrogens with one attached hydrogen (secondary N) is 3. The summed E-state index contributed by atoms with van der Waals surface area (Å²) >= 11 is 2.96. The van der Waals surface area contributed by atoms with E-state index < -0.39 is 5.41 Å². The van der Waals surface area contributed by atoms with Gasteiger partial charge in [0, 0.05) is 33.3 Å². The molecule has 0 radical (unpaired) electrons. The van der Waals surface area contributed by atoms with Gasteiger partial charge in [-0.05, 0) is 37.3 Å². The molecule has 3 amide bonds. The number of thiophene rings is 1. The van der Waals surface area contributed by atoms with E-state index in [9.17, 15) is 14.4 Å². The molecule has 0 aliphatic carbocycles. The maximum absolute atomic E-state index is 12.8. The molecule has 0 saturated heterocycles. The minimum Gasteiger partial charge on any atom is -0.351 e. The third kappa shape index (κ3) is 6.02. The van der Waals surface area contributed by atoms with Crippen molar-refractivity contribution in [2.75, 3.05) is 10.6 Å². The largest absolute Gasteiger partial charge is 0.351 e. The van der Waals surface area contributed by atoms with Gasteiger partial charge in [0.15, 0.2) is 5.13 Å². The molecule has 3 rings (SSSR count). The van der Waals surface area contributed by atoms with Crippen molar-refractivity contribution in [2.45, 2.75) is 41.2 Å². The van der Waals surface area contributed by atoms with Crippen molar-refractivity contribution in [3.63, 3.8) is 0 Å². The molecule has 0 fully saturated rings. The number of anilines is 2. The molecular formula is C23H26N4O3S2. The van der Waals surface area contributed by atoms with Gasteiger partial charge in [-0.1, -0.05) is 26.8 Å². The normalized spacial score (nSPS) is 11.2. The molecule has 0 saturated carbocycles. The maximum Gasteiger partial charge on any atom is 0.257 e. The fourth-order valence-corrected chi connectivity index (χ4v) is 4.60. The van der Waals surface area contributed by atoms with Crippen LogP contribution in [-0.2, 0) is 16.1 Å². The lowest BCUT2D eigenvalue weighted by Gasteiger charge is -2.17. The van der Waals surface area contributed by atoms with Crippen molar-refractivity contribution in [1.82, 2.24) is 10.3 Å². The van der Waals surface area contributed by atoms with E-state index in [1.54, 1.807) is 35.6 Å². The average Bonchev–Trinajstić information content (AvgIpc) is 3.32. The van der Waals surface area contributed by atoms with Crippen molar-refractivity contribution in [3.8, 4) is 10.6 Å². The Hall–Kier alpha value is -3.04. The molecule has 0 unspecified atom stereocenters. The Balaban J connectivity index is 1.71. The van der Waals surface area contributed by atoms with E-state index in [4.69, 9.17) is 0 Å². The number of benzene rings is 1. The van der Waals surface area contributed by atoms with Crippen LogP contribution in [0, 0.1) is 12.3 Å². The number of amides is 3. The summed E-state index contributed by atoms with van der Waals surface area (Å²) in [5.41, 5.74) is 1.28. The van der Waals surface area contributed by atoms with Crippen LogP contribution in [0.4, 0.5) is 10.8 Å². The zero-order valence-electron chi connectivity index (χ0n) is 18.7. The Morgan fingerprint density at radius 1 is 1.03 bits per heavy atom. The van der Waals surface area contributed by atoms with Crippen LogP contribution in [0.1, 0.15) is 47.8 Å². The number of hydrogen-bond acceptors (Lipinski definition) is 6. The summed E-state index contributed by atoms with van der Waals surface area (Å²) in [5.74, 6) is -0.490. The molecule has 3 N–H and O–H groups in total. The molecule has 0 aliphatic rings. The highest BCUT2D eigenvalue weighted by Crippen LogP contribution is 2.35. The number of rotatable bonds is 6. The lowest BCUT2D eigenvalue weighted by Crippen LogP contribution is -2.27. The number of hydrogen-bond donors (Lipinski definition) is 3. The summed E-state index contributed by atoms with van der Waals surface area (Å²) < 4.78 is 0. The Morgan fingerprint density at radius 2 is 1.78 bits per heavy atom. The number of thiazole rings is 1.